The fourth-order valence-electron chi connectivity index (χ4n) is 4.90. The number of Topliss-reactive ketones (excluding diaryl/α,β-unsaturated/α-hetero) is 1. The first-order valence-corrected chi connectivity index (χ1v) is 14.3. The van der Waals surface area contributed by atoms with Gasteiger partial charge in [-0.15, -0.1) is 0 Å². The van der Waals surface area contributed by atoms with Gasteiger partial charge in [-0.25, -0.2) is 23.5 Å². The second-order valence-electron chi connectivity index (χ2n) is 11.1. The number of aryl methyl sites for hydroxylation is 1. The highest BCUT2D eigenvalue weighted by Gasteiger charge is 2.17. The Balaban J connectivity index is 1.23. The lowest BCUT2D eigenvalue weighted by Crippen LogP contribution is -2.41. The summed E-state index contributed by atoms with van der Waals surface area (Å²) in [6.45, 7) is 0.579. The molecule has 0 aliphatic rings. The predicted octanol–water partition coefficient (Wildman–Crippen LogP) is 4.48. The molecule has 10 heteroatoms. The van der Waals surface area contributed by atoms with Crippen LogP contribution < -0.4 is 11.2 Å². The quantitative estimate of drug-likeness (QED) is 0.181. The molecule has 3 aromatic carbocycles. The minimum Gasteiger partial charge on any atom is -0.305 e. The Kier molecular flexibility index (Phi) is 9.40. The largest absolute Gasteiger partial charge is 0.331 e. The van der Waals surface area contributed by atoms with E-state index in [-0.39, 0.29) is 30.5 Å². The number of halogens is 2. The minimum absolute atomic E-state index is 0.0399. The van der Waals surface area contributed by atoms with Gasteiger partial charge in [0.2, 0.25) is 0 Å². The van der Waals surface area contributed by atoms with Gasteiger partial charge in [0.1, 0.15) is 5.82 Å². The molecule has 0 N–H and O–H groups in total. The van der Waals surface area contributed by atoms with Crippen molar-refractivity contribution in [2.24, 2.45) is 7.05 Å². The average molecular weight is 608 g/mol. The highest BCUT2D eigenvalue weighted by atomic mass is 19.2. The number of fused-ring (bicyclic) bond motifs is 1. The molecule has 228 valence electrons. The Morgan fingerprint density at radius 3 is 2.40 bits per heavy atom. The number of aromatic nitrogens is 4. The van der Waals surface area contributed by atoms with Gasteiger partial charge in [0, 0.05) is 56.2 Å². The molecule has 8 nitrogen and oxygen atoms in total. The van der Waals surface area contributed by atoms with E-state index in [0.29, 0.717) is 6.42 Å². The van der Waals surface area contributed by atoms with E-state index in [1.807, 2.05) is 32.3 Å². The monoisotopic (exact) mass is 607 g/mol. The Morgan fingerprint density at radius 2 is 1.67 bits per heavy atom. The normalized spacial score (nSPS) is 11.1. The molecule has 0 aliphatic heterocycles. The molecule has 2 aromatic heterocycles. The highest BCUT2D eigenvalue weighted by Crippen LogP contribution is 2.16. The summed E-state index contributed by atoms with van der Waals surface area (Å²) in [6, 6.07) is 17.2. The Labute approximate surface area is 258 Å². The van der Waals surface area contributed by atoms with Crippen molar-refractivity contribution in [3.8, 4) is 11.8 Å². The zero-order chi connectivity index (χ0) is 32.1. The van der Waals surface area contributed by atoms with Gasteiger partial charge in [0.05, 0.1) is 17.6 Å². The molecule has 5 rings (SSSR count). The molecule has 0 radical (unpaired) electrons. The number of hydrogen-bond acceptors (Lipinski definition) is 6. The molecule has 2 heterocycles. The van der Waals surface area contributed by atoms with Crippen molar-refractivity contribution in [2.75, 3.05) is 14.1 Å². The second-order valence-corrected chi connectivity index (χ2v) is 11.1. The number of benzene rings is 3. The molecule has 5 aromatic rings. The van der Waals surface area contributed by atoms with Gasteiger partial charge in [-0.3, -0.25) is 14.2 Å². The lowest BCUT2D eigenvalue weighted by molar-refractivity contribution is 0.0981. The number of hydrogen-bond donors (Lipinski definition) is 0. The summed E-state index contributed by atoms with van der Waals surface area (Å²) in [5.74, 6) is 4.13. The van der Waals surface area contributed by atoms with Crippen LogP contribution in [-0.2, 0) is 26.6 Å². The first-order valence-electron chi connectivity index (χ1n) is 14.3. The van der Waals surface area contributed by atoms with Gasteiger partial charge in [-0.1, -0.05) is 42.2 Å². The van der Waals surface area contributed by atoms with Crippen molar-refractivity contribution in [1.82, 2.24) is 24.0 Å². The van der Waals surface area contributed by atoms with Crippen molar-refractivity contribution in [2.45, 2.75) is 32.4 Å². The van der Waals surface area contributed by atoms with Crippen LogP contribution in [0.1, 0.15) is 51.3 Å². The van der Waals surface area contributed by atoms with Crippen LogP contribution in [0.4, 0.5) is 8.78 Å². The third kappa shape index (κ3) is 7.63. The minimum atomic E-state index is -1.09. The van der Waals surface area contributed by atoms with Crippen molar-refractivity contribution in [1.29, 1.82) is 0 Å². The smallest absolute Gasteiger partial charge is 0.305 e. The fraction of sp³-hybridized carbons (Fsp3) is 0.229. The van der Waals surface area contributed by atoms with Crippen LogP contribution in [0.3, 0.4) is 0 Å². The molecule has 45 heavy (non-hydrogen) atoms. The Hall–Kier alpha value is -5.27. The third-order valence-corrected chi connectivity index (χ3v) is 7.18. The first-order chi connectivity index (χ1) is 21.6. The molecule has 0 amide bonds. The topological polar surface area (TPSA) is 90.1 Å². The zero-order valence-corrected chi connectivity index (χ0v) is 25.2. The summed E-state index contributed by atoms with van der Waals surface area (Å²) in [7, 11) is 5.49. The van der Waals surface area contributed by atoms with Crippen LogP contribution in [0, 0.1) is 23.5 Å². The maximum atomic E-state index is 13.6. The molecular weight excluding hydrogens is 576 g/mol. The van der Waals surface area contributed by atoms with E-state index < -0.39 is 28.7 Å². The fourth-order valence-corrected chi connectivity index (χ4v) is 4.90. The maximum Gasteiger partial charge on any atom is 0.331 e. The molecule has 0 fully saturated rings. The van der Waals surface area contributed by atoms with Gasteiger partial charge in [-0.2, -0.15) is 0 Å². The average Bonchev–Trinajstić information content (AvgIpc) is 3.01. The van der Waals surface area contributed by atoms with E-state index in [0.717, 1.165) is 55.7 Å². The van der Waals surface area contributed by atoms with Gasteiger partial charge in [-0.05, 0) is 61.1 Å². The summed E-state index contributed by atoms with van der Waals surface area (Å²) < 4.78 is 28.9. The van der Waals surface area contributed by atoms with E-state index >= 15 is 0 Å². The molecule has 0 bridgehead atoms. The van der Waals surface area contributed by atoms with Crippen LogP contribution in [-0.4, -0.2) is 43.9 Å². The van der Waals surface area contributed by atoms with Crippen molar-refractivity contribution >= 4 is 16.7 Å². The van der Waals surface area contributed by atoms with Crippen LogP contribution in [0.5, 0.6) is 0 Å². The molecule has 0 saturated carbocycles. The predicted molar refractivity (Wildman–Crippen MR) is 168 cm³/mol. The van der Waals surface area contributed by atoms with Gasteiger partial charge in [0.25, 0.3) is 5.56 Å². The molecule has 0 aliphatic carbocycles. The molecule has 0 atom stereocenters. The summed E-state index contributed by atoms with van der Waals surface area (Å²) >= 11 is 0. The van der Waals surface area contributed by atoms with E-state index in [2.05, 4.69) is 46.0 Å². The lowest BCUT2D eigenvalue weighted by Gasteiger charge is -2.10. The van der Waals surface area contributed by atoms with E-state index in [1.165, 1.54) is 24.9 Å². The zero-order valence-electron chi connectivity index (χ0n) is 25.2. The number of ketones is 1. The van der Waals surface area contributed by atoms with Gasteiger partial charge < -0.3 is 9.47 Å². The number of carbonyl (C=O) groups is 1. The SMILES string of the molecule is CN(C)Cc1ccc(Cc2ncc3cc(C#CCCC(=O)c4cn(C)c(=O)n(Cc5ccc(F)c(F)c5)c4=O)ccc3n2)cc1. The number of rotatable bonds is 9. The van der Waals surface area contributed by atoms with E-state index in [4.69, 9.17) is 4.98 Å². The number of carbonyl (C=O) groups excluding carboxylic acids is 1. The lowest BCUT2D eigenvalue weighted by atomic mass is 10.1. The van der Waals surface area contributed by atoms with Crippen molar-refractivity contribution in [3.63, 3.8) is 0 Å². The van der Waals surface area contributed by atoms with Crippen LogP contribution in [0.15, 0.2) is 82.6 Å². The van der Waals surface area contributed by atoms with Crippen molar-refractivity contribution < 1.29 is 13.6 Å². The standard InChI is InChI=1S/C35H31F2N5O3/c1-40(2)20-25-10-8-24(9-11-25)18-33-38-19-27-16-23(13-15-31(27)39-33)6-4-5-7-32(43)28-22-41(3)35(45)42(34(28)44)21-26-12-14-29(36)30(37)17-26/h8-17,19,22H,5,7,18,20-21H2,1-3H3. The van der Waals surface area contributed by atoms with Crippen LogP contribution in [0.25, 0.3) is 10.9 Å². The summed E-state index contributed by atoms with van der Waals surface area (Å²) in [4.78, 5) is 49.9. The third-order valence-electron chi connectivity index (χ3n) is 7.18. The summed E-state index contributed by atoms with van der Waals surface area (Å²) in [6.07, 6.45) is 3.74. The summed E-state index contributed by atoms with van der Waals surface area (Å²) in [5, 5.41) is 0.842. The first kappa shape index (κ1) is 31.2. The van der Waals surface area contributed by atoms with Crippen LogP contribution >= 0.6 is 0 Å². The van der Waals surface area contributed by atoms with Gasteiger partial charge >= 0.3 is 5.69 Å². The maximum absolute atomic E-state index is 13.6. The number of nitrogens with zero attached hydrogens (tertiary/aromatic N) is 5. The molecule has 0 unspecified atom stereocenters. The highest BCUT2D eigenvalue weighted by molar-refractivity contribution is 5.95. The Morgan fingerprint density at radius 1 is 0.933 bits per heavy atom. The molecule has 0 saturated heterocycles. The Bertz CT molecular complexity index is 2070. The second kappa shape index (κ2) is 13.6. The van der Waals surface area contributed by atoms with Crippen LogP contribution in [0.2, 0.25) is 0 Å². The van der Waals surface area contributed by atoms with E-state index in [1.54, 1.807) is 6.20 Å². The van der Waals surface area contributed by atoms with E-state index in [9.17, 15) is 23.2 Å². The molecule has 0 spiro atoms. The van der Waals surface area contributed by atoms with Crippen molar-refractivity contribution in [3.05, 3.63) is 139 Å². The summed E-state index contributed by atoms with van der Waals surface area (Å²) in [5.41, 5.74) is 2.48. The van der Waals surface area contributed by atoms with Gasteiger partial charge in [0.15, 0.2) is 17.4 Å². The molecular formula is C35H31F2N5O3.